The van der Waals surface area contributed by atoms with Gasteiger partial charge in [0.1, 0.15) is 5.69 Å². The highest BCUT2D eigenvalue weighted by atomic mass is 35.5. The van der Waals surface area contributed by atoms with Gasteiger partial charge in [0, 0.05) is 29.4 Å². The topological polar surface area (TPSA) is 100 Å². The van der Waals surface area contributed by atoms with Crippen LogP contribution in [0.1, 0.15) is 40.6 Å². The van der Waals surface area contributed by atoms with Gasteiger partial charge in [-0.2, -0.15) is 0 Å². The summed E-state index contributed by atoms with van der Waals surface area (Å²) < 4.78 is 0. The zero-order valence-electron chi connectivity index (χ0n) is 18.7. The molecule has 0 saturated heterocycles. The number of pyridine rings is 1. The smallest absolute Gasteiger partial charge is 0.293 e. The van der Waals surface area contributed by atoms with Gasteiger partial charge in [-0.25, -0.2) is 0 Å². The number of likely N-dealkylation sites (N-methyl/N-ethyl adjacent to an activating group) is 1. The van der Waals surface area contributed by atoms with Gasteiger partial charge in [-0.1, -0.05) is 35.9 Å². The van der Waals surface area contributed by atoms with Crippen LogP contribution in [-0.4, -0.2) is 41.4 Å². The molecule has 2 aromatic carbocycles. The Morgan fingerprint density at radius 1 is 1.15 bits per heavy atom. The molecule has 9 heteroatoms. The maximum atomic E-state index is 12.8. The Labute approximate surface area is 197 Å². The van der Waals surface area contributed by atoms with E-state index in [2.05, 4.69) is 15.6 Å². The number of halogens is 1. The first-order valence-corrected chi connectivity index (χ1v) is 10.8. The number of nitrogens with zero attached hydrogens (tertiary/aromatic N) is 3. The quantitative estimate of drug-likeness (QED) is 0.344. The van der Waals surface area contributed by atoms with Crippen molar-refractivity contribution in [2.75, 3.05) is 26.0 Å². The minimum atomic E-state index is -0.503. The van der Waals surface area contributed by atoms with E-state index in [1.54, 1.807) is 30.5 Å². The molecule has 0 spiro atoms. The molecule has 2 atom stereocenters. The van der Waals surface area contributed by atoms with Gasteiger partial charge in [-0.3, -0.25) is 19.9 Å². The van der Waals surface area contributed by atoms with Crippen molar-refractivity contribution in [2.24, 2.45) is 0 Å². The lowest BCUT2D eigenvalue weighted by Crippen LogP contribution is -2.34. The van der Waals surface area contributed by atoms with Crippen molar-refractivity contribution in [2.45, 2.75) is 19.0 Å². The van der Waals surface area contributed by atoms with E-state index in [0.29, 0.717) is 17.3 Å². The Morgan fingerprint density at radius 3 is 2.52 bits per heavy atom. The average molecular weight is 468 g/mol. The third kappa shape index (κ3) is 6.06. The molecular weight excluding hydrogens is 442 g/mol. The summed E-state index contributed by atoms with van der Waals surface area (Å²) in [5.41, 5.74) is 1.98. The van der Waals surface area contributed by atoms with Crippen LogP contribution in [0.3, 0.4) is 0 Å². The van der Waals surface area contributed by atoms with Crippen LogP contribution in [0.25, 0.3) is 0 Å². The molecule has 0 aliphatic heterocycles. The molecule has 8 nitrogen and oxygen atoms in total. The fraction of sp³-hybridized carbons (Fsp3) is 0.250. The molecule has 2 unspecified atom stereocenters. The summed E-state index contributed by atoms with van der Waals surface area (Å²) in [6, 6.07) is 16.9. The van der Waals surface area contributed by atoms with Crippen LogP contribution in [0.4, 0.5) is 11.4 Å². The number of carbonyl (C=O) groups is 1. The lowest BCUT2D eigenvalue weighted by atomic mass is 10.1. The van der Waals surface area contributed by atoms with Crippen LogP contribution in [0.15, 0.2) is 66.9 Å². The fourth-order valence-electron chi connectivity index (χ4n) is 3.49. The molecular formula is C24H26ClN5O3. The van der Waals surface area contributed by atoms with Crippen LogP contribution in [-0.2, 0) is 0 Å². The maximum Gasteiger partial charge on any atom is 0.293 e. The van der Waals surface area contributed by atoms with Crippen LogP contribution in [0.5, 0.6) is 0 Å². The lowest BCUT2D eigenvalue weighted by molar-refractivity contribution is -0.384. The molecule has 0 aliphatic rings. The first kappa shape index (κ1) is 24.2. The molecule has 3 aromatic rings. The van der Waals surface area contributed by atoms with E-state index in [-0.39, 0.29) is 23.3 Å². The second-order valence-electron chi connectivity index (χ2n) is 7.82. The van der Waals surface area contributed by atoms with Gasteiger partial charge in [0.2, 0.25) is 0 Å². The SMILES string of the molecule is CC(Nc1ccc(C(=O)NCC(c2ccccc2Cl)N(C)C)cc1[N+](=O)[O-])c1ccccn1. The number of carbonyl (C=O) groups excluding carboxylic acids is 1. The zero-order valence-corrected chi connectivity index (χ0v) is 19.4. The predicted octanol–water partition coefficient (Wildman–Crippen LogP) is 4.85. The average Bonchev–Trinajstić information content (AvgIpc) is 2.80. The highest BCUT2D eigenvalue weighted by molar-refractivity contribution is 6.31. The molecule has 0 fully saturated rings. The Bertz CT molecular complexity index is 1120. The largest absolute Gasteiger partial charge is 0.371 e. The van der Waals surface area contributed by atoms with Gasteiger partial charge in [-0.15, -0.1) is 0 Å². The van der Waals surface area contributed by atoms with Crippen molar-refractivity contribution in [3.05, 3.63) is 98.8 Å². The number of hydrogen-bond acceptors (Lipinski definition) is 6. The molecule has 33 heavy (non-hydrogen) atoms. The van der Waals surface area contributed by atoms with Crippen LogP contribution in [0.2, 0.25) is 5.02 Å². The minimum absolute atomic E-state index is 0.155. The molecule has 2 N–H and O–H groups in total. The van der Waals surface area contributed by atoms with Crippen LogP contribution < -0.4 is 10.6 Å². The number of nitro benzene ring substituents is 1. The summed E-state index contributed by atoms with van der Waals surface area (Å²) in [6.07, 6.45) is 1.67. The first-order chi connectivity index (χ1) is 15.8. The highest BCUT2D eigenvalue weighted by Gasteiger charge is 2.22. The van der Waals surface area contributed by atoms with E-state index < -0.39 is 10.8 Å². The van der Waals surface area contributed by atoms with Crippen LogP contribution in [0, 0.1) is 10.1 Å². The number of anilines is 1. The number of amides is 1. The molecule has 0 aliphatic carbocycles. The predicted molar refractivity (Wildman–Crippen MR) is 130 cm³/mol. The van der Waals surface area contributed by atoms with Gasteiger partial charge >= 0.3 is 0 Å². The van der Waals surface area contributed by atoms with Crippen molar-refractivity contribution in [3.63, 3.8) is 0 Å². The van der Waals surface area contributed by atoms with Gasteiger partial charge < -0.3 is 15.5 Å². The number of nitro groups is 1. The molecule has 1 aromatic heterocycles. The van der Waals surface area contributed by atoms with E-state index in [1.807, 2.05) is 56.3 Å². The molecule has 1 amide bonds. The normalized spacial score (nSPS) is 12.8. The van der Waals surface area contributed by atoms with Gasteiger partial charge in [-0.05, 0) is 56.9 Å². The van der Waals surface area contributed by atoms with E-state index in [1.165, 1.54) is 6.07 Å². The van der Waals surface area contributed by atoms with Gasteiger partial charge in [0.25, 0.3) is 11.6 Å². The molecule has 3 rings (SSSR count). The van der Waals surface area contributed by atoms with E-state index in [0.717, 1.165) is 11.3 Å². The second-order valence-corrected chi connectivity index (χ2v) is 8.23. The monoisotopic (exact) mass is 467 g/mol. The number of aromatic nitrogens is 1. The van der Waals surface area contributed by atoms with E-state index in [4.69, 9.17) is 11.6 Å². The Kier molecular flexibility index (Phi) is 7.97. The van der Waals surface area contributed by atoms with Crippen molar-refractivity contribution in [1.82, 2.24) is 15.2 Å². The maximum absolute atomic E-state index is 12.8. The standard InChI is InChI=1S/C24H26ClN5O3/c1-16(20-10-6-7-13-26-20)28-21-12-11-17(14-22(21)30(32)33)24(31)27-15-23(29(2)3)18-8-4-5-9-19(18)25/h4-14,16,23,28H,15H2,1-3H3,(H,27,31). The van der Waals surface area contributed by atoms with Gasteiger partial charge in [0.15, 0.2) is 0 Å². The number of rotatable bonds is 9. The van der Waals surface area contributed by atoms with E-state index in [9.17, 15) is 14.9 Å². The number of nitrogens with one attached hydrogen (secondary N) is 2. The van der Waals surface area contributed by atoms with Crippen LogP contribution >= 0.6 is 11.6 Å². The summed E-state index contributed by atoms with van der Waals surface area (Å²) in [5.74, 6) is -0.402. The molecule has 0 bridgehead atoms. The van der Waals surface area contributed by atoms with Gasteiger partial charge in [0.05, 0.1) is 22.7 Å². The van der Waals surface area contributed by atoms with Crippen molar-refractivity contribution < 1.29 is 9.72 Å². The molecule has 172 valence electrons. The third-order valence-corrected chi connectivity index (χ3v) is 5.65. The fourth-order valence-corrected chi connectivity index (χ4v) is 3.75. The molecule has 0 saturated carbocycles. The Morgan fingerprint density at radius 2 is 1.88 bits per heavy atom. The molecule has 0 radical (unpaired) electrons. The summed E-state index contributed by atoms with van der Waals surface area (Å²) in [6.45, 7) is 2.16. The van der Waals surface area contributed by atoms with E-state index >= 15 is 0 Å². The second kappa shape index (κ2) is 10.9. The summed E-state index contributed by atoms with van der Waals surface area (Å²) in [4.78, 5) is 30.2. The van der Waals surface area contributed by atoms with Crippen molar-refractivity contribution in [3.8, 4) is 0 Å². The highest BCUT2D eigenvalue weighted by Crippen LogP contribution is 2.29. The Balaban J connectivity index is 1.76. The lowest BCUT2D eigenvalue weighted by Gasteiger charge is -2.26. The summed E-state index contributed by atoms with van der Waals surface area (Å²) in [7, 11) is 3.79. The Hall–Kier alpha value is -3.49. The molecule has 1 heterocycles. The minimum Gasteiger partial charge on any atom is -0.371 e. The van der Waals surface area contributed by atoms with Crippen molar-refractivity contribution >= 4 is 28.9 Å². The number of benzene rings is 2. The summed E-state index contributed by atoms with van der Waals surface area (Å²) in [5, 5.41) is 18.3. The number of hydrogen-bond donors (Lipinski definition) is 2. The van der Waals surface area contributed by atoms with Crippen molar-refractivity contribution in [1.29, 1.82) is 0 Å². The summed E-state index contributed by atoms with van der Waals surface area (Å²) >= 11 is 6.33. The first-order valence-electron chi connectivity index (χ1n) is 10.4. The third-order valence-electron chi connectivity index (χ3n) is 5.30. The zero-order chi connectivity index (χ0) is 24.0.